The van der Waals surface area contributed by atoms with E-state index in [1.54, 1.807) is 26.0 Å². The Labute approximate surface area is 130 Å². The van der Waals surface area contributed by atoms with E-state index < -0.39 is 15.8 Å². The maximum atomic E-state index is 12.7. The highest BCUT2D eigenvalue weighted by Crippen LogP contribution is 2.41. The van der Waals surface area contributed by atoms with E-state index in [0.717, 1.165) is 10.3 Å². The van der Waals surface area contributed by atoms with Crippen LogP contribution in [0.5, 0.6) is 11.5 Å². The Balaban J connectivity index is 1.92. The lowest BCUT2D eigenvalue weighted by Gasteiger charge is -2.16. The van der Waals surface area contributed by atoms with Crippen LogP contribution < -0.4 is 9.47 Å². The Morgan fingerprint density at radius 1 is 1.17 bits per heavy atom. The monoisotopic (exact) mass is 336 g/mol. The zero-order chi connectivity index (χ0) is 16.4. The SMILES string of the molecule is Cc1oncc1S(=O)(=O)n1nnc2cc3c(cc21)OC(C)(C)O3. The summed E-state index contributed by atoms with van der Waals surface area (Å²) < 4.78 is 42.3. The highest BCUT2D eigenvalue weighted by atomic mass is 32.2. The van der Waals surface area contributed by atoms with Crippen LogP contribution in [0.4, 0.5) is 0 Å². The van der Waals surface area contributed by atoms with E-state index in [2.05, 4.69) is 15.5 Å². The lowest BCUT2D eigenvalue weighted by molar-refractivity contribution is -0.0431. The number of aromatic nitrogens is 4. The summed E-state index contributed by atoms with van der Waals surface area (Å²) in [5, 5.41) is 11.1. The number of nitrogens with zero attached hydrogens (tertiary/aromatic N) is 4. The van der Waals surface area contributed by atoms with Crippen LogP contribution in [0.25, 0.3) is 11.0 Å². The van der Waals surface area contributed by atoms with E-state index >= 15 is 0 Å². The lowest BCUT2D eigenvalue weighted by Crippen LogP contribution is -2.29. The average molecular weight is 336 g/mol. The van der Waals surface area contributed by atoms with Gasteiger partial charge in [0.25, 0.3) is 10.0 Å². The van der Waals surface area contributed by atoms with Crippen LogP contribution in [0.2, 0.25) is 0 Å². The molecule has 120 valence electrons. The number of benzene rings is 1. The Morgan fingerprint density at radius 2 is 1.87 bits per heavy atom. The third kappa shape index (κ3) is 1.98. The minimum absolute atomic E-state index is 0.0673. The molecule has 1 aliphatic rings. The first-order valence-electron chi connectivity index (χ1n) is 6.72. The van der Waals surface area contributed by atoms with Gasteiger partial charge in [-0.15, -0.1) is 9.19 Å². The average Bonchev–Trinajstić information content (AvgIpc) is 3.10. The molecule has 0 saturated carbocycles. The number of fused-ring (bicyclic) bond motifs is 2. The summed E-state index contributed by atoms with van der Waals surface area (Å²) in [6.07, 6.45) is 1.13. The van der Waals surface area contributed by atoms with Crippen LogP contribution in [0, 0.1) is 6.92 Å². The summed E-state index contributed by atoms with van der Waals surface area (Å²) in [6.45, 7) is 5.03. The molecule has 9 nitrogen and oxygen atoms in total. The molecule has 23 heavy (non-hydrogen) atoms. The van der Waals surface area contributed by atoms with Crippen molar-refractivity contribution >= 4 is 21.1 Å². The zero-order valence-corrected chi connectivity index (χ0v) is 13.3. The van der Waals surface area contributed by atoms with Crippen molar-refractivity contribution in [2.75, 3.05) is 0 Å². The molecule has 2 aromatic heterocycles. The largest absolute Gasteiger partial charge is 0.449 e. The van der Waals surface area contributed by atoms with Crippen molar-refractivity contribution in [1.82, 2.24) is 19.6 Å². The summed E-state index contributed by atoms with van der Waals surface area (Å²) >= 11 is 0. The van der Waals surface area contributed by atoms with E-state index in [0.29, 0.717) is 17.0 Å². The van der Waals surface area contributed by atoms with Crippen molar-refractivity contribution < 1.29 is 22.4 Å². The first-order valence-corrected chi connectivity index (χ1v) is 8.16. The summed E-state index contributed by atoms with van der Waals surface area (Å²) in [7, 11) is -3.97. The van der Waals surface area contributed by atoms with Gasteiger partial charge in [-0.1, -0.05) is 10.4 Å². The van der Waals surface area contributed by atoms with Gasteiger partial charge in [-0.2, -0.15) is 8.42 Å². The predicted molar refractivity (Wildman–Crippen MR) is 76.7 cm³/mol. The Morgan fingerprint density at radius 3 is 2.52 bits per heavy atom. The number of aryl methyl sites for hydroxylation is 1. The molecule has 10 heteroatoms. The van der Waals surface area contributed by atoms with Crippen molar-refractivity contribution in [1.29, 1.82) is 0 Å². The normalized spacial score (nSPS) is 16.1. The Bertz CT molecular complexity index is 1030. The third-order valence-corrected chi connectivity index (χ3v) is 5.08. The molecule has 0 amide bonds. The second kappa shape index (κ2) is 4.22. The molecule has 0 fully saturated rings. The Kier molecular flexibility index (Phi) is 2.57. The fourth-order valence-electron chi connectivity index (χ4n) is 2.43. The minimum atomic E-state index is -3.97. The first kappa shape index (κ1) is 14.0. The van der Waals surface area contributed by atoms with Crippen LogP contribution >= 0.6 is 0 Å². The maximum absolute atomic E-state index is 12.7. The molecule has 3 heterocycles. The molecule has 0 aliphatic carbocycles. The fourth-order valence-corrected chi connectivity index (χ4v) is 3.73. The summed E-state index contributed by atoms with van der Waals surface area (Å²) in [5.74, 6) is 0.287. The molecule has 0 radical (unpaired) electrons. The molecule has 3 aromatic rings. The molecule has 1 aliphatic heterocycles. The summed E-state index contributed by atoms with van der Waals surface area (Å²) in [4.78, 5) is -0.0673. The smallest absolute Gasteiger partial charge is 0.290 e. The zero-order valence-electron chi connectivity index (χ0n) is 12.5. The van der Waals surface area contributed by atoms with Gasteiger partial charge in [0.05, 0.1) is 6.20 Å². The van der Waals surface area contributed by atoms with E-state index in [1.165, 1.54) is 6.92 Å². The Hall–Kier alpha value is -2.62. The first-order chi connectivity index (χ1) is 10.8. The predicted octanol–water partition coefficient (Wildman–Crippen LogP) is 1.47. The van der Waals surface area contributed by atoms with Crippen LogP contribution in [0.3, 0.4) is 0 Å². The number of rotatable bonds is 2. The molecule has 0 spiro atoms. The van der Waals surface area contributed by atoms with Gasteiger partial charge in [0.15, 0.2) is 22.2 Å². The molecule has 1 aromatic carbocycles. The highest BCUT2D eigenvalue weighted by molar-refractivity contribution is 7.90. The molecule has 4 rings (SSSR count). The molecular weight excluding hydrogens is 324 g/mol. The van der Waals surface area contributed by atoms with Crippen molar-refractivity contribution in [3.05, 3.63) is 24.1 Å². The van der Waals surface area contributed by atoms with E-state index in [9.17, 15) is 8.42 Å². The quantitative estimate of drug-likeness (QED) is 0.692. The summed E-state index contributed by atoms with van der Waals surface area (Å²) in [5.41, 5.74) is 0.661. The highest BCUT2D eigenvalue weighted by Gasteiger charge is 2.34. The number of hydrogen-bond acceptors (Lipinski definition) is 8. The van der Waals surface area contributed by atoms with E-state index in [4.69, 9.17) is 14.0 Å². The van der Waals surface area contributed by atoms with E-state index in [1.807, 2.05) is 0 Å². The maximum Gasteiger partial charge on any atom is 0.290 e. The van der Waals surface area contributed by atoms with Crippen LogP contribution in [-0.4, -0.2) is 33.8 Å². The van der Waals surface area contributed by atoms with Crippen molar-refractivity contribution in [3.63, 3.8) is 0 Å². The third-order valence-electron chi connectivity index (χ3n) is 3.40. The van der Waals surface area contributed by atoms with Crippen molar-refractivity contribution in [3.8, 4) is 11.5 Å². The van der Waals surface area contributed by atoms with Gasteiger partial charge in [-0.3, -0.25) is 0 Å². The van der Waals surface area contributed by atoms with Gasteiger partial charge >= 0.3 is 0 Å². The molecular formula is C13H12N4O5S. The van der Waals surface area contributed by atoms with Gasteiger partial charge in [-0.25, -0.2) is 0 Å². The van der Waals surface area contributed by atoms with Crippen LogP contribution in [0.15, 0.2) is 27.7 Å². The van der Waals surface area contributed by atoms with Gasteiger partial charge in [0, 0.05) is 26.0 Å². The molecule has 0 bridgehead atoms. The van der Waals surface area contributed by atoms with Gasteiger partial charge in [0.1, 0.15) is 11.0 Å². The molecule has 0 unspecified atom stereocenters. The van der Waals surface area contributed by atoms with Gasteiger partial charge < -0.3 is 14.0 Å². The van der Waals surface area contributed by atoms with Crippen LogP contribution in [0.1, 0.15) is 19.6 Å². The summed E-state index contributed by atoms with van der Waals surface area (Å²) in [6, 6.07) is 3.14. The second-order valence-electron chi connectivity index (χ2n) is 5.58. The molecule has 0 saturated heterocycles. The topological polar surface area (TPSA) is 109 Å². The van der Waals surface area contributed by atoms with Gasteiger partial charge in [0.2, 0.25) is 5.79 Å². The number of hydrogen-bond donors (Lipinski definition) is 0. The van der Waals surface area contributed by atoms with Crippen molar-refractivity contribution in [2.24, 2.45) is 0 Å². The van der Waals surface area contributed by atoms with Crippen molar-refractivity contribution in [2.45, 2.75) is 31.5 Å². The fraction of sp³-hybridized carbons (Fsp3) is 0.308. The van der Waals surface area contributed by atoms with Crippen LogP contribution in [-0.2, 0) is 10.0 Å². The van der Waals surface area contributed by atoms with E-state index in [-0.39, 0.29) is 16.2 Å². The molecule has 0 atom stereocenters. The lowest BCUT2D eigenvalue weighted by atomic mass is 10.3. The standard InChI is InChI=1S/C13H12N4O5S/c1-7-12(6-14-22-7)23(18,19)17-9-5-11-10(4-8(9)15-16-17)20-13(2,3)21-11/h4-6H,1-3H3. The second-order valence-corrected chi connectivity index (χ2v) is 7.31. The number of ether oxygens (including phenoxy) is 2. The van der Waals surface area contributed by atoms with Gasteiger partial charge in [-0.05, 0) is 6.92 Å². The molecule has 0 N–H and O–H groups in total. The minimum Gasteiger partial charge on any atom is -0.449 e.